The molecule has 1 aliphatic heterocycles. The second kappa shape index (κ2) is 10.6. The summed E-state index contributed by atoms with van der Waals surface area (Å²) in [5.41, 5.74) is 5.36. The smallest absolute Gasteiger partial charge is 0.255 e. The first-order chi connectivity index (χ1) is 17.1. The Morgan fingerprint density at radius 2 is 1.66 bits per heavy atom. The molecular weight excluding hydrogens is 502 g/mol. The predicted octanol–water partition coefficient (Wildman–Crippen LogP) is 6.33. The average molecular weight is 532 g/mol. The number of hydrogen-bond donors (Lipinski definition) is 2. The largest absolute Gasteiger partial charge is 0.366 e. The number of nitrogens with one attached hydrogen (secondary N) is 2. The summed E-state index contributed by atoms with van der Waals surface area (Å²) in [5, 5.41) is 6.24. The number of rotatable bonds is 5. The third-order valence-electron chi connectivity index (χ3n) is 7.00. The Kier molecular flexibility index (Phi) is 7.19. The highest BCUT2D eigenvalue weighted by Gasteiger charge is 2.24. The number of amides is 2. The Morgan fingerprint density at radius 1 is 0.857 bits per heavy atom. The van der Waals surface area contributed by atoms with Gasteiger partial charge in [0, 0.05) is 40.5 Å². The lowest BCUT2D eigenvalue weighted by molar-refractivity contribution is 0.0927. The summed E-state index contributed by atoms with van der Waals surface area (Å²) in [6.45, 7) is 1.62. The van der Waals surface area contributed by atoms with Crippen molar-refractivity contribution in [2.75, 3.05) is 16.8 Å². The molecule has 5 rings (SSSR count). The monoisotopic (exact) mass is 531 g/mol. The molecular formula is C29H30BrN3O2. The summed E-state index contributed by atoms with van der Waals surface area (Å²) in [4.78, 5) is 28.6. The van der Waals surface area contributed by atoms with E-state index in [9.17, 15) is 9.59 Å². The molecule has 0 saturated heterocycles. The van der Waals surface area contributed by atoms with Crippen LogP contribution in [0, 0.1) is 0 Å². The maximum absolute atomic E-state index is 13.5. The first-order valence-corrected chi connectivity index (χ1v) is 13.2. The summed E-state index contributed by atoms with van der Waals surface area (Å²) in [6, 6.07) is 21.7. The van der Waals surface area contributed by atoms with Crippen LogP contribution in [0.15, 0.2) is 71.2 Å². The number of hydrogen-bond acceptors (Lipinski definition) is 3. The minimum Gasteiger partial charge on any atom is -0.366 e. The molecule has 5 nitrogen and oxygen atoms in total. The Balaban J connectivity index is 1.42. The van der Waals surface area contributed by atoms with E-state index in [4.69, 9.17) is 0 Å². The summed E-state index contributed by atoms with van der Waals surface area (Å²) < 4.78 is 0.846. The molecule has 3 aromatic carbocycles. The molecule has 2 amide bonds. The molecule has 35 heavy (non-hydrogen) atoms. The van der Waals surface area contributed by atoms with Crippen molar-refractivity contribution in [1.82, 2.24) is 5.32 Å². The fraction of sp³-hybridized carbons (Fsp3) is 0.310. The second-order valence-corrected chi connectivity index (χ2v) is 10.4. The van der Waals surface area contributed by atoms with E-state index in [0.29, 0.717) is 16.8 Å². The molecule has 1 aliphatic carbocycles. The van der Waals surface area contributed by atoms with E-state index in [1.807, 2.05) is 30.3 Å². The maximum atomic E-state index is 13.5. The number of anilines is 2. The minimum absolute atomic E-state index is 0.0655. The van der Waals surface area contributed by atoms with Crippen molar-refractivity contribution in [3.05, 3.63) is 93.5 Å². The number of benzene rings is 3. The van der Waals surface area contributed by atoms with E-state index >= 15 is 0 Å². The number of carbonyl (C=O) groups is 2. The van der Waals surface area contributed by atoms with E-state index in [2.05, 4.69) is 55.7 Å². The van der Waals surface area contributed by atoms with E-state index in [1.165, 1.54) is 17.5 Å². The van der Waals surface area contributed by atoms with Crippen LogP contribution in [0.1, 0.15) is 63.9 Å². The van der Waals surface area contributed by atoms with Crippen LogP contribution < -0.4 is 15.5 Å². The predicted molar refractivity (Wildman–Crippen MR) is 144 cm³/mol. The molecule has 0 radical (unpaired) electrons. The van der Waals surface area contributed by atoms with Crippen LogP contribution in [0.3, 0.4) is 0 Å². The lowest BCUT2D eigenvalue weighted by atomic mass is 9.95. The van der Waals surface area contributed by atoms with Crippen LogP contribution in [0.4, 0.5) is 11.4 Å². The number of carbonyl (C=O) groups excluding carboxylic acids is 2. The van der Waals surface area contributed by atoms with Gasteiger partial charge in [-0.05, 0) is 66.8 Å². The van der Waals surface area contributed by atoms with E-state index in [1.54, 1.807) is 12.1 Å². The highest BCUT2D eigenvalue weighted by molar-refractivity contribution is 9.10. The number of fused-ring (bicyclic) bond motifs is 1. The van der Waals surface area contributed by atoms with Crippen LogP contribution >= 0.6 is 15.9 Å². The van der Waals surface area contributed by atoms with Crippen molar-refractivity contribution >= 4 is 39.1 Å². The summed E-state index contributed by atoms with van der Waals surface area (Å²) in [6.07, 6.45) is 6.55. The standard InChI is InChI=1S/C29H30BrN3O2/c30-23-10-6-9-21(17-23)28(34)32-25-13-14-27(33-16-15-20-7-4-5-8-22(20)19-33)26(18-25)29(35)31-24-11-2-1-3-12-24/h4-10,13-14,17-18,24H,1-3,11-12,15-16,19H2,(H,31,35)(H,32,34). The van der Waals surface area contributed by atoms with Crippen LogP contribution in [0.2, 0.25) is 0 Å². The highest BCUT2D eigenvalue weighted by atomic mass is 79.9. The van der Waals surface area contributed by atoms with Crippen molar-refractivity contribution in [3.8, 4) is 0 Å². The molecule has 1 heterocycles. The van der Waals surface area contributed by atoms with Gasteiger partial charge in [-0.1, -0.05) is 65.5 Å². The van der Waals surface area contributed by atoms with Gasteiger partial charge in [0.05, 0.1) is 5.56 Å². The topological polar surface area (TPSA) is 61.4 Å². The summed E-state index contributed by atoms with van der Waals surface area (Å²) in [7, 11) is 0. The van der Waals surface area contributed by atoms with Crippen molar-refractivity contribution in [2.24, 2.45) is 0 Å². The molecule has 0 unspecified atom stereocenters. The van der Waals surface area contributed by atoms with Gasteiger partial charge in [-0.3, -0.25) is 9.59 Å². The quantitative estimate of drug-likeness (QED) is 0.404. The lowest BCUT2D eigenvalue weighted by Crippen LogP contribution is -2.38. The third-order valence-corrected chi connectivity index (χ3v) is 7.49. The molecule has 6 heteroatoms. The van der Waals surface area contributed by atoms with Crippen molar-refractivity contribution in [3.63, 3.8) is 0 Å². The Bertz CT molecular complexity index is 1240. The van der Waals surface area contributed by atoms with Crippen LogP contribution in [-0.4, -0.2) is 24.4 Å². The molecule has 0 aromatic heterocycles. The fourth-order valence-electron chi connectivity index (χ4n) is 5.12. The van der Waals surface area contributed by atoms with Gasteiger partial charge in [-0.2, -0.15) is 0 Å². The van der Waals surface area contributed by atoms with Gasteiger partial charge >= 0.3 is 0 Å². The van der Waals surface area contributed by atoms with Crippen LogP contribution in [0.5, 0.6) is 0 Å². The van der Waals surface area contributed by atoms with Gasteiger partial charge < -0.3 is 15.5 Å². The van der Waals surface area contributed by atoms with Gasteiger partial charge in [0.1, 0.15) is 0 Å². The Hall–Kier alpha value is -3.12. The minimum atomic E-state index is -0.204. The zero-order chi connectivity index (χ0) is 24.2. The average Bonchev–Trinajstić information content (AvgIpc) is 2.89. The highest BCUT2D eigenvalue weighted by Crippen LogP contribution is 2.30. The zero-order valence-corrected chi connectivity index (χ0v) is 21.3. The Labute approximate surface area is 215 Å². The summed E-state index contributed by atoms with van der Waals surface area (Å²) in [5.74, 6) is -0.270. The molecule has 2 N–H and O–H groups in total. The maximum Gasteiger partial charge on any atom is 0.255 e. The SMILES string of the molecule is O=C(Nc1ccc(N2CCc3ccccc3C2)c(C(=O)NC2CCCCC2)c1)c1cccc(Br)c1. The molecule has 0 atom stereocenters. The summed E-state index contributed by atoms with van der Waals surface area (Å²) >= 11 is 3.42. The first kappa shape index (κ1) is 23.6. The van der Waals surface area contributed by atoms with Crippen molar-refractivity contribution in [1.29, 1.82) is 0 Å². The molecule has 3 aromatic rings. The first-order valence-electron chi connectivity index (χ1n) is 12.4. The van der Waals surface area contributed by atoms with Gasteiger partial charge in [0.2, 0.25) is 0 Å². The van der Waals surface area contributed by atoms with Crippen LogP contribution in [-0.2, 0) is 13.0 Å². The van der Waals surface area contributed by atoms with E-state index in [-0.39, 0.29) is 17.9 Å². The second-order valence-electron chi connectivity index (χ2n) is 9.45. The van der Waals surface area contributed by atoms with Crippen LogP contribution in [0.25, 0.3) is 0 Å². The fourth-order valence-corrected chi connectivity index (χ4v) is 5.52. The molecule has 180 valence electrons. The number of nitrogens with zero attached hydrogens (tertiary/aromatic N) is 1. The van der Waals surface area contributed by atoms with Gasteiger partial charge in [-0.15, -0.1) is 0 Å². The molecule has 1 saturated carbocycles. The molecule has 2 aliphatic rings. The molecule has 0 spiro atoms. The van der Waals surface area contributed by atoms with Gasteiger partial charge in [0.15, 0.2) is 0 Å². The van der Waals surface area contributed by atoms with Gasteiger partial charge in [0.25, 0.3) is 11.8 Å². The third kappa shape index (κ3) is 5.59. The normalized spacial score (nSPS) is 15.9. The molecule has 1 fully saturated rings. The van der Waals surface area contributed by atoms with E-state index < -0.39 is 0 Å². The molecule has 0 bridgehead atoms. The van der Waals surface area contributed by atoms with E-state index in [0.717, 1.165) is 55.4 Å². The zero-order valence-electron chi connectivity index (χ0n) is 19.7. The van der Waals surface area contributed by atoms with Crippen molar-refractivity contribution in [2.45, 2.75) is 51.1 Å². The Morgan fingerprint density at radius 3 is 2.46 bits per heavy atom. The number of halogens is 1. The van der Waals surface area contributed by atoms with Crippen molar-refractivity contribution < 1.29 is 9.59 Å². The lowest BCUT2D eigenvalue weighted by Gasteiger charge is -2.32. The van der Waals surface area contributed by atoms with Gasteiger partial charge in [-0.25, -0.2) is 0 Å².